The van der Waals surface area contributed by atoms with Gasteiger partial charge in [-0.2, -0.15) is 0 Å². The SMILES string of the molecule is Cc1ccc(N2CCC[C@@H](OCC3CC3)C2)nc1. The van der Waals surface area contributed by atoms with Gasteiger partial charge in [0.25, 0.3) is 0 Å². The summed E-state index contributed by atoms with van der Waals surface area (Å²) in [5.41, 5.74) is 1.22. The zero-order chi connectivity index (χ0) is 12.4. The highest BCUT2D eigenvalue weighted by Gasteiger charge is 2.26. The molecule has 0 radical (unpaired) electrons. The molecule has 1 saturated heterocycles. The monoisotopic (exact) mass is 246 g/mol. The second kappa shape index (κ2) is 5.27. The summed E-state index contributed by atoms with van der Waals surface area (Å²) in [6.45, 7) is 5.16. The molecule has 0 amide bonds. The predicted molar refractivity (Wildman–Crippen MR) is 72.9 cm³/mol. The van der Waals surface area contributed by atoms with Crippen LogP contribution in [-0.2, 0) is 4.74 Å². The molecule has 1 aliphatic heterocycles. The Morgan fingerprint density at radius 3 is 2.94 bits per heavy atom. The van der Waals surface area contributed by atoms with E-state index < -0.39 is 0 Å². The maximum Gasteiger partial charge on any atom is 0.128 e. The molecule has 0 spiro atoms. The van der Waals surface area contributed by atoms with Crippen molar-refractivity contribution in [3.63, 3.8) is 0 Å². The molecule has 1 aliphatic carbocycles. The first-order valence-electron chi connectivity index (χ1n) is 7.10. The number of ether oxygens (including phenoxy) is 1. The Labute approximate surface area is 109 Å². The van der Waals surface area contributed by atoms with Crippen LogP contribution in [0, 0.1) is 12.8 Å². The molecule has 2 fully saturated rings. The van der Waals surface area contributed by atoms with Crippen LogP contribution in [0.1, 0.15) is 31.2 Å². The first kappa shape index (κ1) is 12.0. The lowest BCUT2D eigenvalue weighted by atomic mass is 10.1. The predicted octanol–water partition coefficient (Wildman–Crippen LogP) is 2.79. The van der Waals surface area contributed by atoms with Crippen molar-refractivity contribution in [1.29, 1.82) is 0 Å². The second-order valence-corrected chi connectivity index (χ2v) is 5.68. The molecule has 18 heavy (non-hydrogen) atoms. The molecule has 2 heterocycles. The van der Waals surface area contributed by atoms with Crippen molar-refractivity contribution in [2.45, 2.75) is 38.7 Å². The van der Waals surface area contributed by atoms with Crippen LogP contribution in [-0.4, -0.2) is 30.8 Å². The smallest absolute Gasteiger partial charge is 0.128 e. The first-order chi connectivity index (χ1) is 8.81. The summed E-state index contributed by atoms with van der Waals surface area (Å²) >= 11 is 0. The van der Waals surface area contributed by atoms with Crippen molar-refractivity contribution in [2.75, 3.05) is 24.6 Å². The third-order valence-electron chi connectivity index (χ3n) is 3.86. The fourth-order valence-electron chi connectivity index (χ4n) is 2.49. The van der Waals surface area contributed by atoms with Crippen LogP contribution in [0.2, 0.25) is 0 Å². The van der Waals surface area contributed by atoms with Crippen molar-refractivity contribution in [3.8, 4) is 0 Å². The van der Waals surface area contributed by atoms with Gasteiger partial charge in [0.1, 0.15) is 5.82 Å². The van der Waals surface area contributed by atoms with Gasteiger partial charge < -0.3 is 9.64 Å². The lowest BCUT2D eigenvalue weighted by molar-refractivity contribution is 0.0367. The van der Waals surface area contributed by atoms with E-state index in [-0.39, 0.29) is 0 Å². The van der Waals surface area contributed by atoms with Crippen molar-refractivity contribution in [2.24, 2.45) is 5.92 Å². The van der Waals surface area contributed by atoms with Gasteiger partial charge in [-0.3, -0.25) is 0 Å². The Kier molecular flexibility index (Phi) is 3.50. The van der Waals surface area contributed by atoms with E-state index in [1.807, 2.05) is 6.20 Å². The number of rotatable bonds is 4. The van der Waals surface area contributed by atoms with Gasteiger partial charge in [0.15, 0.2) is 0 Å². The van der Waals surface area contributed by atoms with Gasteiger partial charge >= 0.3 is 0 Å². The standard InChI is InChI=1S/C15H22N2O/c1-12-4-7-15(16-9-12)17-8-2-3-14(10-17)18-11-13-5-6-13/h4,7,9,13-14H,2-3,5-6,8,10-11H2,1H3/t14-/m1/s1. The summed E-state index contributed by atoms with van der Waals surface area (Å²) in [7, 11) is 0. The summed E-state index contributed by atoms with van der Waals surface area (Å²) in [5, 5.41) is 0. The lowest BCUT2D eigenvalue weighted by Gasteiger charge is -2.33. The maximum absolute atomic E-state index is 6.01. The van der Waals surface area contributed by atoms with Gasteiger partial charge in [-0.1, -0.05) is 6.07 Å². The summed E-state index contributed by atoms with van der Waals surface area (Å²) in [6, 6.07) is 4.26. The molecule has 1 atom stereocenters. The normalized spacial score (nSPS) is 24.3. The van der Waals surface area contributed by atoms with Crippen LogP contribution in [0.4, 0.5) is 5.82 Å². The van der Waals surface area contributed by atoms with E-state index in [2.05, 4.69) is 28.9 Å². The number of pyridine rings is 1. The molecular formula is C15H22N2O. The van der Waals surface area contributed by atoms with Crippen molar-refractivity contribution in [1.82, 2.24) is 4.98 Å². The van der Waals surface area contributed by atoms with Gasteiger partial charge in [-0.05, 0) is 50.2 Å². The highest BCUT2D eigenvalue weighted by Crippen LogP contribution is 2.30. The molecule has 1 saturated carbocycles. The van der Waals surface area contributed by atoms with Crippen LogP contribution in [0.3, 0.4) is 0 Å². The van der Waals surface area contributed by atoms with E-state index in [4.69, 9.17) is 4.74 Å². The Balaban J connectivity index is 1.56. The molecule has 3 heteroatoms. The molecule has 2 aliphatic rings. The number of aryl methyl sites for hydroxylation is 1. The van der Waals surface area contributed by atoms with Gasteiger partial charge in [0.2, 0.25) is 0 Å². The van der Waals surface area contributed by atoms with Crippen LogP contribution in [0.15, 0.2) is 18.3 Å². The molecule has 0 bridgehead atoms. The van der Waals surface area contributed by atoms with Crippen molar-refractivity contribution in [3.05, 3.63) is 23.9 Å². The number of hydrogen-bond donors (Lipinski definition) is 0. The van der Waals surface area contributed by atoms with Gasteiger partial charge in [-0.25, -0.2) is 4.98 Å². The largest absolute Gasteiger partial charge is 0.376 e. The molecule has 0 N–H and O–H groups in total. The molecule has 98 valence electrons. The number of hydrogen-bond acceptors (Lipinski definition) is 3. The lowest BCUT2D eigenvalue weighted by Crippen LogP contribution is -2.40. The topological polar surface area (TPSA) is 25.4 Å². The fraction of sp³-hybridized carbons (Fsp3) is 0.667. The van der Waals surface area contributed by atoms with E-state index in [1.54, 1.807) is 0 Å². The van der Waals surface area contributed by atoms with Gasteiger partial charge in [-0.15, -0.1) is 0 Å². The van der Waals surface area contributed by atoms with Crippen LogP contribution in [0.5, 0.6) is 0 Å². The quantitative estimate of drug-likeness (QED) is 0.817. The number of anilines is 1. The molecule has 0 aromatic carbocycles. The highest BCUT2D eigenvalue weighted by molar-refractivity contribution is 5.39. The van der Waals surface area contributed by atoms with Crippen LogP contribution < -0.4 is 4.90 Å². The number of aromatic nitrogens is 1. The van der Waals surface area contributed by atoms with Crippen molar-refractivity contribution >= 4 is 5.82 Å². The molecule has 3 rings (SSSR count). The zero-order valence-electron chi connectivity index (χ0n) is 11.1. The van der Waals surface area contributed by atoms with E-state index in [0.717, 1.165) is 31.4 Å². The molecule has 1 aromatic rings. The molecular weight excluding hydrogens is 224 g/mol. The minimum absolute atomic E-state index is 0.405. The Hall–Kier alpha value is -1.09. The Bertz CT molecular complexity index is 386. The summed E-state index contributed by atoms with van der Waals surface area (Å²) < 4.78 is 6.01. The summed E-state index contributed by atoms with van der Waals surface area (Å²) in [6.07, 6.45) is 7.51. The number of nitrogens with zero attached hydrogens (tertiary/aromatic N) is 2. The van der Waals surface area contributed by atoms with Crippen LogP contribution >= 0.6 is 0 Å². The average Bonchev–Trinajstić information content (AvgIpc) is 3.22. The van der Waals surface area contributed by atoms with E-state index >= 15 is 0 Å². The minimum atomic E-state index is 0.405. The maximum atomic E-state index is 6.01. The van der Waals surface area contributed by atoms with Gasteiger partial charge in [0.05, 0.1) is 6.10 Å². The first-order valence-corrected chi connectivity index (χ1v) is 7.10. The minimum Gasteiger partial charge on any atom is -0.376 e. The molecule has 1 aromatic heterocycles. The average molecular weight is 246 g/mol. The van der Waals surface area contributed by atoms with Crippen LogP contribution in [0.25, 0.3) is 0 Å². The third-order valence-corrected chi connectivity index (χ3v) is 3.86. The summed E-state index contributed by atoms with van der Waals surface area (Å²) in [5.74, 6) is 1.96. The Morgan fingerprint density at radius 2 is 2.22 bits per heavy atom. The molecule has 0 unspecified atom stereocenters. The van der Waals surface area contributed by atoms with E-state index in [0.29, 0.717) is 6.10 Å². The van der Waals surface area contributed by atoms with Gasteiger partial charge in [0, 0.05) is 25.9 Å². The van der Waals surface area contributed by atoms with E-state index in [9.17, 15) is 0 Å². The van der Waals surface area contributed by atoms with Crippen molar-refractivity contribution < 1.29 is 4.74 Å². The second-order valence-electron chi connectivity index (χ2n) is 5.68. The fourth-order valence-corrected chi connectivity index (χ4v) is 2.49. The molecule has 3 nitrogen and oxygen atoms in total. The summed E-state index contributed by atoms with van der Waals surface area (Å²) in [4.78, 5) is 6.88. The third kappa shape index (κ3) is 3.02. The zero-order valence-corrected chi connectivity index (χ0v) is 11.1. The Morgan fingerprint density at radius 1 is 1.33 bits per heavy atom. The van der Waals surface area contributed by atoms with E-state index in [1.165, 1.54) is 31.2 Å². The number of piperidine rings is 1. The highest BCUT2D eigenvalue weighted by atomic mass is 16.5.